The summed E-state index contributed by atoms with van der Waals surface area (Å²) in [5, 5.41) is 0. The van der Waals surface area contributed by atoms with Crippen molar-refractivity contribution in [1.29, 1.82) is 0 Å². The van der Waals surface area contributed by atoms with Crippen LogP contribution < -0.4 is 0 Å². The quantitative estimate of drug-likeness (QED) is 0.274. The molecule has 4 nitrogen and oxygen atoms in total. The second-order valence-electron chi connectivity index (χ2n) is 16.3. The van der Waals surface area contributed by atoms with E-state index in [1.165, 1.54) is 32.1 Å². The van der Waals surface area contributed by atoms with Crippen molar-refractivity contribution in [1.82, 2.24) is 0 Å². The molecular weight excluding hydrogens is 472 g/mol. The van der Waals surface area contributed by atoms with E-state index in [1.807, 2.05) is 0 Å². The number of hydrogen-bond donors (Lipinski definition) is 0. The van der Waals surface area contributed by atoms with Gasteiger partial charge >= 0.3 is 11.9 Å². The zero-order chi connectivity index (χ0) is 27.9. The van der Waals surface area contributed by atoms with Gasteiger partial charge in [-0.15, -0.1) is 0 Å². The van der Waals surface area contributed by atoms with Gasteiger partial charge in [-0.3, -0.25) is 9.59 Å². The molecule has 0 aromatic carbocycles. The third-order valence-corrected chi connectivity index (χ3v) is 13.6. The number of ether oxygens (including phenoxy) is 2. The van der Waals surface area contributed by atoms with E-state index in [0.717, 1.165) is 32.1 Å². The molecule has 0 N–H and O–H groups in total. The molecule has 0 aliphatic heterocycles. The van der Waals surface area contributed by atoms with Crippen molar-refractivity contribution in [3.05, 3.63) is 11.6 Å². The summed E-state index contributed by atoms with van der Waals surface area (Å²) < 4.78 is 11.7. The highest BCUT2D eigenvalue weighted by Gasteiger charge is 2.68. The Labute approximate surface area is 232 Å². The molecule has 5 aliphatic carbocycles. The van der Waals surface area contributed by atoms with Crippen LogP contribution >= 0.6 is 0 Å². The molecule has 5 aliphatic rings. The SMILES string of the molecule is CC(=O)OC[C@]12CCC(C)(C)C[C@H]1C1=CC[C@@H]3[C@@]4(C)CC[C@H](OC(C)=O)C(C)(C)[C@@H]4CC[C@@]3(C)[C@]1(C)CC2. The molecule has 0 bridgehead atoms. The lowest BCUT2D eigenvalue weighted by atomic mass is 9.33. The molecule has 0 aromatic heterocycles. The van der Waals surface area contributed by atoms with Gasteiger partial charge in [0.2, 0.25) is 0 Å². The monoisotopic (exact) mass is 526 g/mol. The predicted molar refractivity (Wildman–Crippen MR) is 151 cm³/mol. The van der Waals surface area contributed by atoms with Gasteiger partial charge in [-0.25, -0.2) is 0 Å². The molecule has 0 spiro atoms. The van der Waals surface area contributed by atoms with Crippen molar-refractivity contribution in [3.8, 4) is 0 Å². The van der Waals surface area contributed by atoms with Crippen LogP contribution in [0.15, 0.2) is 11.6 Å². The average Bonchev–Trinajstić information content (AvgIpc) is 2.80. The molecule has 38 heavy (non-hydrogen) atoms. The molecule has 0 unspecified atom stereocenters. The van der Waals surface area contributed by atoms with Gasteiger partial charge in [0.05, 0.1) is 6.61 Å². The highest BCUT2D eigenvalue weighted by Crippen LogP contribution is 2.75. The molecule has 5 rings (SSSR count). The minimum Gasteiger partial charge on any atom is -0.465 e. The van der Waals surface area contributed by atoms with Crippen LogP contribution in [0.1, 0.15) is 127 Å². The van der Waals surface area contributed by atoms with Crippen LogP contribution in [0.2, 0.25) is 0 Å². The maximum atomic E-state index is 11.9. The van der Waals surface area contributed by atoms with Crippen LogP contribution in [0.3, 0.4) is 0 Å². The zero-order valence-electron chi connectivity index (χ0n) is 25.8. The summed E-state index contributed by atoms with van der Waals surface area (Å²) >= 11 is 0. The van der Waals surface area contributed by atoms with Crippen molar-refractivity contribution in [3.63, 3.8) is 0 Å². The Bertz CT molecular complexity index is 1020. The van der Waals surface area contributed by atoms with E-state index in [4.69, 9.17) is 9.47 Å². The molecule has 0 aromatic rings. The zero-order valence-corrected chi connectivity index (χ0v) is 25.8. The summed E-state index contributed by atoms with van der Waals surface area (Å²) in [4.78, 5) is 23.8. The van der Waals surface area contributed by atoms with E-state index >= 15 is 0 Å². The van der Waals surface area contributed by atoms with Gasteiger partial charge in [0, 0.05) is 24.7 Å². The van der Waals surface area contributed by atoms with Gasteiger partial charge < -0.3 is 9.47 Å². The van der Waals surface area contributed by atoms with Crippen LogP contribution in [0.5, 0.6) is 0 Å². The minimum atomic E-state index is -0.140. The first kappa shape index (κ1) is 28.2. The second-order valence-corrected chi connectivity index (χ2v) is 16.3. The van der Waals surface area contributed by atoms with Gasteiger partial charge in [0.1, 0.15) is 6.10 Å². The van der Waals surface area contributed by atoms with Crippen molar-refractivity contribution in [2.75, 3.05) is 6.61 Å². The molecule has 0 heterocycles. The predicted octanol–water partition coefficient (Wildman–Crippen LogP) is 8.28. The largest absolute Gasteiger partial charge is 0.465 e. The molecular formula is C34H54O4. The summed E-state index contributed by atoms with van der Waals surface area (Å²) in [6, 6.07) is 0. The van der Waals surface area contributed by atoms with E-state index in [0.29, 0.717) is 29.8 Å². The molecule has 8 atom stereocenters. The van der Waals surface area contributed by atoms with Gasteiger partial charge in [-0.2, -0.15) is 0 Å². The lowest BCUT2D eigenvalue weighted by Crippen LogP contribution is -2.65. The Morgan fingerprint density at radius 2 is 1.53 bits per heavy atom. The van der Waals surface area contributed by atoms with E-state index in [-0.39, 0.29) is 45.1 Å². The fourth-order valence-corrected chi connectivity index (χ4v) is 11.2. The summed E-state index contributed by atoms with van der Waals surface area (Å²) in [7, 11) is 0. The first-order valence-electron chi connectivity index (χ1n) is 15.5. The number of fused-ring (bicyclic) bond motifs is 7. The number of rotatable bonds is 3. The third kappa shape index (κ3) is 3.96. The average molecular weight is 527 g/mol. The standard InChI is InChI=1S/C34H54O4/c1-22(35)37-21-34-18-16-29(3,4)20-25(34)24-10-11-27-31(7)14-13-28(38-23(2)36)30(5,6)26(31)12-15-33(27,9)32(24,8)17-19-34/h10,25-28H,11-21H2,1-9H3/t25-,26-,27+,28-,31-,32+,33+,34+/m0/s1. The Balaban J connectivity index is 1.52. The maximum Gasteiger partial charge on any atom is 0.302 e. The highest BCUT2D eigenvalue weighted by molar-refractivity contribution is 5.66. The number of carbonyl (C=O) groups excluding carboxylic acids is 2. The number of hydrogen-bond acceptors (Lipinski definition) is 4. The van der Waals surface area contributed by atoms with Crippen LogP contribution in [-0.2, 0) is 19.1 Å². The Morgan fingerprint density at radius 1 is 0.842 bits per heavy atom. The highest BCUT2D eigenvalue weighted by atomic mass is 16.5. The van der Waals surface area contributed by atoms with Crippen LogP contribution in [0.25, 0.3) is 0 Å². The van der Waals surface area contributed by atoms with Crippen LogP contribution in [-0.4, -0.2) is 24.6 Å². The summed E-state index contributed by atoms with van der Waals surface area (Å²) in [6.07, 6.45) is 14.4. The lowest BCUT2D eigenvalue weighted by molar-refractivity contribution is -0.213. The fraction of sp³-hybridized carbons (Fsp3) is 0.882. The maximum absolute atomic E-state index is 11.9. The van der Waals surface area contributed by atoms with E-state index in [9.17, 15) is 9.59 Å². The first-order valence-corrected chi connectivity index (χ1v) is 15.5. The molecule has 4 heteroatoms. The number of allylic oxidation sites excluding steroid dienone is 2. The summed E-state index contributed by atoms with van der Waals surface area (Å²) in [5.41, 5.74) is 2.79. The smallest absolute Gasteiger partial charge is 0.302 e. The Kier molecular flexibility index (Phi) is 6.56. The fourth-order valence-electron chi connectivity index (χ4n) is 11.2. The first-order chi connectivity index (χ1) is 17.5. The third-order valence-electron chi connectivity index (χ3n) is 13.6. The molecule has 0 amide bonds. The van der Waals surface area contributed by atoms with E-state index in [1.54, 1.807) is 19.4 Å². The summed E-state index contributed by atoms with van der Waals surface area (Å²) in [6.45, 7) is 21.2. The normalized spacial score (nSPS) is 46.8. The van der Waals surface area contributed by atoms with Crippen molar-refractivity contribution < 1.29 is 19.1 Å². The Morgan fingerprint density at radius 3 is 2.18 bits per heavy atom. The van der Waals surface area contributed by atoms with E-state index < -0.39 is 0 Å². The molecule has 0 radical (unpaired) electrons. The number of carbonyl (C=O) groups is 2. The van der Waals surface area contributed by atoms with Gasteiger partial charge in [-0.1, -0.05) is 60.1 Å². The minimum absolute atomic E-state index is 0.00988. The molecule has 4 saturated carbocycles. The molecule has 214 valence electrons. The van der Waals surface area contributed by atoms with Crippen molar-refractivity contribution >= 4 is 11.9 Å². The van der Waals surface area contributed by atoms with Crippen molar-refractivity contribution in [2.45, 2.75) is 133 Å². The van der Waals surface area contributed by atoms with Gasteiger partial charge in [-0.05, 0) is 104 Å². The van der Waals surface area contributed by atoms with Crippen LogP contribution in [0, 0.1) is 50.2 Å². The van der Waals surface area contributed by atoms with Gasteiger partial charge in [0.25, 0.3) is 0 Å². The summed E-state index contributed by atoms with van der Waals surface area (Å²) in [5.74, 6) is 1.42. The lowest BCUT2D eigenvalue weighted by Gasteiger charge is -2.71. The number of esters is 2. The van der Waals surface area contributed by atoms with E-state index in [2.05, 4.69) is 54.5 Å². The Hall–Kier alpha value is -1.32. The molecule has 0 saturated heterocycles. The van der Waals surface area contributed by atoms with Gasteiger partial charge in [0.15, 0.2) is 0 Å². The topological polar surface area (TPSA) is 52.6 Å². The second kappa shape index (κ2) is 8.84. The molecule has 4 fully saturated rings. The van der Waals surface area contributed by atoms with Crippen LogP contribution in [0.4, 0.5) is 0 Å². The van der Waals surface area contributed by atoms with Crippen molar-refractivity contribution in [2.24, 2.45) is 50.2 Å².